The first kappa shape index (κ1) is 19.9. The molecule has 1 aliphatic carbocycles. The molecule has 132 valence electrons. The van der Waals surface area contributed by atoms with Crippen molar-refractivity contribution in [1.82, 2.24) is 5.32 Å². The lowest BCUT2D eigenvalue weighted by molar-refractivity contribution is -0.103. The van der Waals surface area contributed by atoms with E-state index in [1.54, 1.807) is 0 Å². The molecule has 1 saturated carbocycles. The summed E-state index contributed by atoms with van der Waals surface area (Å²) in [7, 11) is 0. The van der Waals surface area contributed by atoms with Gasteiger partial charge in [-0.3, -0.25) is 0 Å². The van der Waals surface area contributed by atoms with Crippen molar-refractivity contribution in [2.75, 3.05) is 33.0 Å². The molecular formula is C18H37NO3. The summed E-state index contributed by atoms with van der Waals surface area (Å²) in [6.45, 7) is 17.2. The highest BCUT2D eigenvalue weighted by atomic mass is 16.5. The van der Waals surface area contributed by atoms with E-state index in [-0.39, 0.29) is 11.0 Å². The molecule has 4 nitrogen and oxygen atoms in total. The summed E-state index contributed by atoms with van der Waals surface area (Å²) in [4.78, 5) is 0. The van der Waals surface area contributed by atoms with Gasteiger partial charge in [-0.05, 0) is 45.4 Å². The van der Waals surface area contributed by atoms with Crippen molar-refractivity contribution in [3.05, 3.63) is 0 Å². The third-order valence-electron chi connectivity index (χ3n) is 3.48. The predicted octanol–water partition coefficient (Wildman–Crippen LogP) is 3.39. The molecule has 1 rings (SSSR count). The van der Waals surface area contributed by atoms with Crippen LogP contribution in [0.3, 0.4) is 0 Å². The van der Waals surface area contributed by atoms with Crippen LogP contribution in [0.4, 0.5) is 0 Å². The monoisotopic (exact) mass is 315 g/mol. The van der Waals surface area contributed by atoms with E-state index in [1.807, 2.05) is 0 Å². The largest absolute Gasteiger partial charge is 0.381 e. The molecule has 0 bridgehead atoms. The Morgan fingerprint density at radius 2 is 1.45 bits per heavy atom. The van der Waals surface area contributed by atoms with Gasteiger partial charge in [0.05, 0.1) is 25.4 Å². The smallest absolute Gasteiger partial charge is 0.0625 e. The van der Waals surface area contributed by atoms with Crippen LogP contribution >= 0.6 is 0 Å². The summed E-state index contributed by atoms with van der Waals surface area (Å²) < 4.78 is 17.3. The summed E-state index contributed by atoms with van der Waals surface area (Å²) in [5.41, 5.74) is 0.422. The highest BCUT2D eigenvalue weighted by molar-refractivity contribution is 4.81. The third kappa shape index (κ3) is 10.5. The molecule has 22 heavy (non-hydrogen) atoms. The molecule has 1 fully saturated rings. The molecular weight excluding hydrogens is 278 g/mol. The first-order chi connectivity index (χ1) is 10.2. The second kappa shape index (κ2) is 9.21. The van der Waals surface area contributed by atoms with Crippen molar-refractivity contribution >= 4 is 0 Å². The lowest BCUT2D eigenvalue weighted by Crippen LogP contribution is -2.41. The maximum absolute atomic E-state index is 5.83. The zero-order valence-electron chi connectivity index (χ0n) is 15.5. The zero-order valence-corrected chi connectivity index (χ0v) is 15.5. The predicted molar refractivity (Wildman–Crippen MR) is 91.4 cm³/mol. The van der Waals surface area contributed by atoms with Crippen LogP contribution in [-0.2, 0) is 14.2 Å². The van der Waals surface area contributed by atoms with Gasteiger partial charge in [0.25, 0.3) is 0 Å². The third-order valence-corrected chi connectivity index (χ3v) is 3.48. The fourth-order valence-corrected chi connectivity index (χ4v) is 2.23. The molecule has 0 aromatic heterocycles. The van der Waals surface area contributed by atoms with Crippen molar-refractivity contribution in [2.24, 2.45) is 5.41 Å². The van der Waals surface area contributed by atoms with Gasteiger partial charge >= 0.3 is 0 Å². The minimum Gasteiger partial charge on any atom is -0.381 e. The van der Waals surface area contributed by atoms with E-state index in [0.717, 1.165) is 52.2 Å². The molecule has 0 radical (unpaired) electrons. The lowest BCUT2D eigenvalue weighted by atomic mass is 9.92. The van der Waals surface area contributed by atoms with Gasteiger partial charge in [0.15, 0.2) is 0 Å². The standard InChI is InChI=1S/C18H37NO3/c1-17(2,3)14-20-9-7-10-21-15-12-16(13-15)22-11-8-19-18(4,5)6/h15-16,19H,7-14H2,1-6H3. The number of hydrogen-bond donors (Lipinski definition) is 1. The topological polar surface area (TPSA) is 39.7 Å². The van der Waals surface area contributed by atoms with Crippen molar-refractivity contribution in [1.29, 1.82) is 0 Å². The fourth-order valence-electron chi connectivity index (χ4n) is 2.23. The average Bonchev–Trinajstić information content (AvgIpc) is 2.30. The Balaban J connectivity index is 1.86. The van der Waals surface area contributed by atoms with Crippen molar-refractivity contribution in [3.63, 3.8) is 0 Å². The summed E-state index contributed by atoms with van der Waals surface area (Å²) in [5, 5.41) is 3.43. The van der Waals surface area contributed by atoms with Crippen molar-refractivity contribution in [2.45, 2.75) is 78.6 Å². The number of ether oxygens (including phenoxy) is 3. The Morgan fingerprint density at radius 3 is 2.00 bits per heavy atom. The van der Waals surface area contributed by atoms with Crippen LogP contribution in [0.5, 0.6) is 0 Å². The summed E-state index contributed by atoms with van der Waals surface area (Å²) in [5.74, 6) is 0. The quantitative estimate of drug-likeness (QED) is 0.627. The minimum atomic E-state index is 0.170. The Kier molecular flexibility index (Phi) is 8.33. The van der Waals surface area contributed by atoms with E-state index in [4.69, 9.17) is 14.2 Å². The van der Waals surface area contributed by atoms with E-state index < -0.39 is 0 Å². The SMILES string of the molecule is CC(C)(C)COCCCOC1CC(OCCNC(C)(C)C)C1. The van der Waals surface area contributed by atoms with E-state index in [9.17, 15) is 0 Å². The highest BCUT2D eigenvalue weighted by Crippen LogP contribution is 2.26. The van der Waals surface area contributed by atoms with Gasteiger partial charge in [0.2, 0.25) is 0 Å². The molecule has 0 aliphatic heterocycles. The van der Waals surface area contributed by atoms with Crippen molar-refractivity contribution in [3.8, 4) is 0 Å². The molecule has 0 aromatic carbocycles. The molecule has 0 atom stereocenters. The Hall–Kier alpha value is -0.160. The molecule has 0 heterocycles. The molecule has 1 aliphatic rings. The molecule has 0 saturated heterocycles. The maximum atomic E-state index is 5.83. The zero-order chi connectivity index (χ0) is 16.6. The number of nitrogens with one attached hydrogen (secondary N) is 1. The van der Waals surface area contributed by atoms with Crippen LogP contribution in [0, 0.1) is 5.41 Å². The van der Waals surface area contributed by atoms with Gasteiger partial charge in [-0.2, -0.15) is 0 Å². The van der Waals surface area contributed by atoms with Crippen LogP contribution in [0.25, 0.3) is 0 Å². The fraction of sp³-hybridized carbons (Fsp3) is 1.00. The molecule has 0 amide bonds. The van der Waals surface area contributed by atoms with E-state index in [0.29, 0.717) is 12.2 Å². The molecule has 0 aromatic rings. The Morgan fingerprint density at radius 1 is 0.864 bits per heavy atom. The molecule has 0 spiro atoms. The van der Waals surface area contributed by atoms with Crippen LogP contribution in [-0.4, -0.2) is 50.7 Å². The van der Waals surface area contributed by atoms with Crippen LogP contribution < -0.4 is 5.32 Å². The van der Waals surface area contributed by atoms with E-state index in [1.165, 1.54) is 0 Å². The normalized spacial score (nSPS) is 22.6. The Bertz CT molecular complexity index is 285. The average molecular weight is 315 g/mol. The van der Waals surface area contributed by atoms with Gasteiger partial charge < -0.3 is 19.5 Å². The summed E-state index contributed by atoms with van der Waals surface area (Å²) in [6, 6.07) is 0. The molecule has 4 heteroatoms. The lowest BCUT2D eigenvalue weighted by Gasteiger charge is -2.35. The summed E-state index contributed by atoms with van der Waals surface area (Å²) in [6.07, 6.45) is 3.84. The maximum Gasteiger partial charge on any atom is 0.0625 e. The van der Waals surface area contributed by atoms with E-state index in [2.05, 4.69) is 46.9 Å². The number of hydrogen-bond acceptors (Lipinski definition) is 4. The summed E-state index contributed by atoms with van der Waals surface area (Å²) >= 11 is 0. The molecule has 0 unspecified atom stereocenters. The van der Waals surface area contributed by atoms with E-state index >= 15 is 0 Å². The van der Waals surface area contributed by atoms with Crippen LogP contribution in [0.15, 0.2) is 0 Å². The van der Waals surface area contributed by atoms with Gasteiger partial charge in [0.1, 0.15) is 0 Å². The number of rotatable bonds is 10. The first-order valence-electron chi connectivity index (χ1n) is 8.72. The Labute approximate surface area is 137 Å². The van der Waals surface area contributed by atoms with Crippen LogP contribution in [0.2, 0.25) is 0 Å². The van der Waals surface area contributed by atoms with Gasteiger partial charge in [-0.1, -0.05) is 20.8 Å². The van der Waals surface area contributed by atoms with Gasteiger partial charge in [0, 0.05) is 25.3 Å². The van der Waals surface area contributed by atoms with Gasteiger partial charge in [-0.25, -0.2) is 0 Å². The first-order valence-corrected chi connectivity index (χ1v) is 8.72. The second-order valence-corrected chi connectivity index (χ2v) is 8.60. The minimum absolute atomic E-state index is 0.170. The van der Waals surface area contributed by atoms with Crippen LogP contribution in [0.1, 0.15) is 60.8 Å². The second-order valence-electron chi connectivity index (χ2n) is 8.60. The molecule has 1 N–H and O–H groups in total. The van der Waals surface area contributed by atoms with Gasteiger partial charge in [-0.15, -0.1) is 0 Å². The highest BCUT2D eigenvalue weighted by Gasteiger charge is 2.30. The van der Waals surface area contributed by atoms with Crippen molar-refractivity contribution < 1.29 is 14.2 Å².